The summed E-state index contributed by atoms with van der Waals surface area (Å²) in [6, 6.07) is 2.47. The fraction of sp³-hybridized carbons (Fsp3) is 0.364. The van der Waals surface area contributed by atoms with E-state index < -0.39 is 12.0 Å². The molecule has 1 atom stereocenters. The first-order chi connectivity index (χ1) is 8.04. The highest BCUT2D eigenvalue weighted by molar-refractivity contribution is 9.10. The number of carbonyl (C=O) groups excluding carboxylic acids is 1. The van der Waals surface area contributed by atoms with Crippen LogP contribution in [-0.4, -0.2) is 27.3 Å². The molecular weight excluding hydrogens is 290 g/mol. The van der Waals surface area contributed by atoms with Crippen LogP contribution in [0, 0.1) is 0 Å². The van der Waals surface area contributed by atoms with E-state index in [1.807, 2.05) is 0 Å². The van der Waals surface area contributed by atoms with Crippen LogP contribution < -0.4 is 15.2 Å². The quantitative estimate of drug-likeness (QED) is 0.856. The van der Waals surface area contributed by atoms with E-state index in [4.69, 9.17) is 15.2 Å². The van der Waals surface area contributed by atoms with Gasteiger partial charge in [-0.25, -0.2) is 0 Å². The van der Waals surface area contributed by atoms with Crippen molar-refractivity contribution in [2.45, 2.75) is 6.04 Å². The predicted molar refractivity (Wildman–Crippen MR) is 66.2 cm³/mol. The molecule has 0 spiro atoms. The summed E-state index contributed by atoms with van der Waals surface area (Å²) < 4.78 is 15.5. The van der Waals surface area contributed by atoms with E-state index in [0.29, 0.717) is 21.5 Å². The number of ether oxygens (including phenoxy) is 3. The Morgan fingerprint density at radius 1 is 1.24 bits per heavy atom. The van der Waals surface area contributed by atoms with E-state index in [-0.39, 0.29) is 0 Å². The summed E-state index contributed by atoms with van der Waals surface area (Å²) in [6.45, 7) is 0. The van der Waals surface area contributed by atoms with Gasteiger partial charge in [-0.2, -0.15) is 0 Å². The molecule has 0 aromatic heterocycles. The summed E-state index contributed by atoms with van der Waals surface area (Å²) in [4.78, 5) is 11.4. The minimum atomic E-state index is -0.866. The Balaban J connectivity index is 3.21. The minimum Gasteiger partial charge on any atom is -0.493 e. The summed E-state index contributed by atoms with van der Waals surface area (Å²) in [5.74, 6) is 0.545. The van der Waals surface area contributed by atoms with Gasteiger partial charge in [0.05, 0.1) is 21.3 Å². The molecular formula is C11H14BrNO4. The Kier molecular flexibility index (Phi) is 4.77. The van der Waals surface area contributed by atoms with Crippen molar-refractivity contribution < 1.29 is 19.0 Å². The Morgan fingerprint density at radius 3 is 2.24 bits per heavy atom. The molecule has 1 aromatic rings. The molecule has 0 radical (unpaired) electrons. The number of hydrogen-bond acceptors (Lipinski definition) is 5. The molecule has 0 saturated heterocycles. The molecule has 0 fully saturated rings. The largest absolute Gasteiger partial charge is 0.493 e. The number of rotatable bonds is 4. The Bertz CT molecular complexity index is 422. The Hall–Kier alpha value is -1.27. The lowest BCUT2D eigenvalue weighted by atomic mass is 10.1. The first-order valence-corrected chi connectivity index (χ1v) is 5.59. The van der Waals surface area contributed by atoms with Crippen LogP contribution in [0.4, 0.5) is 0 Å². The van der Waals surface area contributed by atoms with Gasteiger partial charge in [-0.15, -0.1) is 0 Å². The third kappa shape index (κ3) is 2.89. The topological polar surface area (TPSA) is 70.8 Å². The van der Waals surface area contributed by atoms with Crippen LogP contribution in [-0.2, 0) is 9.53 Å². The van der Waals surface area contributed by atoms with Gasteiger partial charge in [0, 0.05) is 4.47 Å². The highest BCUT2D eigenvalue weighted by Gasteiger charge is 2.21. The van der Waals surface area contributed by atoms with Crippen LogP contribution in [0.1, 0.15) is 11.6 Å². The molecule has 0 aliphatic heterocycles. The molecule has 0 bridgehead atoms. The maximum Gasteiger partial charge on any atom is 0.327 e. The minimum absolute atomic E-state index is 0.505. The van der Waals surface area contributed by atoms with E-state index in [1.54, 1.807) is 12.1 Å². The van der Waals surface area contributed by atoms with Crippen molar-refractivity contribution in [3.05, 3.63) is 22.2 Å². The molecule has 2 N–H and O–H groups in total. The number of methoxy groups -OCH3 is 3. The monoisotopic (exact) mass is 303 g/mol. The van der Waals surface area contributed by atoms with Crippen LogP contribution in [0.25, 0.3) is 0 Å². The molecule has 0 aliphatic rings. The lowest BCUT2D eigenvalue weighted by Crippen LogP contribution is -2.23. The van der Waals surface area contributed by atoms with E-state index in [1.165, 1.54) is 21.3 Å². The van der Waals surface area contributed by atoms with Crippen LogP contribution in [0.2, 0.25) is 0 Å². The number of nitrogens with two attached hydrogens (primary N) is 1. The summed E-state index contributed by atoms with van der Waals surface area (Å²) in [5, 5.41) is 0. The van der Waals surface area contributed by atoms with E-state index in [9.17, 15) is 4.79 Å². The molecule has 0 saturated carbocycles. The molecule has 94 valence electrons. The van der Waals surface area contributed by atoms with Crippen molar-refractivity contribution in [3.8, 4) is 11.5 Å². The highest BCUT2D eigenvalue weighted by Crippen LogP contribution is 2.35. The second-order valence-electron chi connectivity index (χ2n) is 3.23. The molecule has 0 aliphatic carbocycles. The number of carbonyl (C=O) groups is 1. The van der Waals surface area contributed by atoms with Crippen molar-refractivity contribution in [3.63, 3.8) is 0 Å². The maximum atomic E-state index is 11.4. The Labute approximate surface area is 108 Å². The van der Waals surface area contributed by atoms with Gasteiger partial charge in [0.2, 0.25) is 0 Å². The number of esters is 1. The highest BCUT2D eigenvalue weighted by atomic mass is 79.9. The van der Waals surface area contributed by atoms with Crippen molar-refractivity contribution >= 4 is 21.9 Å². The van der Waals surface area contributed by atoms with Crippen LogP contribution in [0.5, 0.6) is 11.5 Å². The van der Waals surface area contributed by atoms with Gasteiger partial charge in [0.25, 0.3) is 0 Å². The summed E-state index contributed by atoms with van der Waals surface area (Å²) >= 11 is 3.33. The SMILES string of the molecule is COC(=O)[C@H](N)c1cc(OC)c(OC)cc1Br. The molecule has 1 rings (SSSR count). The van der Waals surface area contributed by atoms with Gasteiger partial charge < -0.3 is 19.9 Å². The lowest BCUT2D eigenvalue weighted by Gasteiger charge is -2.15. The van der Waals surface area contributed by atoms with Crippen molar-refractivity contribution in [2.24, 2.45) is 5.73 Å². The second kappa shape index (κ2) is 5.88. The van der Waals surface area contributed by atoms with Crippen molar-refractivity contribution in [1.29, 1.82) is 0 Å². The molecule has 5 nitrogen and oxygen atoms in total. The van der Waals surface area contributed by atoms with Crippen LogP contribution in [0.3, 0.4) is 0 Å². The van der Waals surface area contributed by atoms with Gasteiger partial charge in [-0.05, 0) is 17.7 Å². The number of halogens is 1. The van der Waals surface area contributed by atoms with E-state index in [2.05, 4.69) is 20.7 Å². The Morgan fingerprint density at radius 2 is 1.76 bits per heavy atom. The predicted octanol–water partition coefficient (Wildman–Crippen LogP) is 1.64. The van der Waals surface area contributed by atoms with Gasteiger partial charge >= 0.3 is 5.97 Å². The summed E-state index contributed by atoms with van der Waals surface area (Å²) in [7, 11) is 4.33. The zero-order valence-corrected chi connectivity index (χ0v) is 11.4. The molecule has 0 unspecified atom stereocenters. The molecule has 0 amide bonds. The molecule has 17 heavy (non-hydrogen) atoms. The molecule has 6 heteroatoms. The standard InChI is InChI=1S/C11H14BrNO4/c1-15-8-4-6(10(13)11(14)17-3)7(12)5-9(8)16-2/h4-5,10H,13H2,1-3H3/t10-/m1/s1. The number of benzene rings is 1. The molecule has 1 aromatic carbocycles. The third-order valence-corrected chi connectivity index (χ3v) is 2.98. The number of hydrogen-bond donors (Lipinski definition) is 1. The van der Waals surface area contributed by atoms with E-state index in [0.717, 1.165) is 0 Å². The van der Waals surface area contributed by atoms with Crippen molar-refractivity contribution in [2.75, 3.05) is 21.3 Å². The average molecular weight is 304 g/mol. The van der Waals surface area contributed by atoms with E-state index >= 15 is 0 Å². The zero-order valence-electron chi connectivity index (χ0n) is 9.82. The van der Waals surface area contributed by atoms with Gasteiger partial charge in [-0.1, -0.05) is 15.9 Å². The van der Waals surface area contributed by atoms with Crippen LogP contribution in [0.15, 0.2) is 16.6 Å². The van der Waals surface area contributed by atoms with Crippen molar-refractivity contribution in [1.82, 2.24) is 0 Å². The fourth-order valence-electron chi connectivity index (χ4n) is 1.36. The van der Waals surface area contributed by atoms with Crippen LogP contribution >= 0.6 is 15.9 Å². The summed E-state index contributed by atoms with van der Waals surface area (Å²) in [6.07, 6.45) is 0. The summed E-state index contributed by atoms with van der Waals surface area (Å²) in [5.41, 5.74) is 6.34. The average Bonchev–Trinajstić information content (AvgIpc) is 2.36. The lowest BCUT2D eigenvalue weighted by molar-refractivity contribution is -0.142. The third-order valence-electron chi connectivity index (χ3n) is 2.29. The molecule has 0 heterocycles. The maximum absolute atomic E-state index is 11.4. The zero-order chi connectivity index (χ0) is 13.0. The van der Waals surface area contributed by atoms with Gasteiger partial charge in [0.15, 0.2) is 11.5 Å². The van der Waals surface area contributed by atoms with Gasteiger partial charge in [-0.3, -0.25) is 4.79 Å². The second-order valence-corrected chi connectivity index (χ2v) is 4.08. The first kappa shape index (κ1) is 13.8. The first-order valence-electron chi connectivity index (χ1n) is 4.80. The fourth-order valence-corrected chi connectivity index (χ4v) is 1.93. The normalized spacial score (nSPS) is 11.8. The van der Waals surface area contributed by atoms with Gasteiger partial charge in [0.1, 0.15) is 6.04 Å². The smallest absolute Gasteiger partial charge is 0.327 e.